The van der Waals surface area contributed by atoms with Crippen molar-refractivity contribution in [3.8, 4) is 11.5 Å². The summed E-state index contributed by atoms with van der Waals surface area (Å²) in [6.45, 7) is 2.29. The molecule has 2 aliphatic rings. The molecule has 128 valence electrons. The fourth-order valence-corrected chi connectivity index (χ4v) is 4.35. The van der Waals surface area contributed by atoms with Crippen molar-refractivity contribution in [1.29, 1.82) is 0 Å². The van der Waals surface area contributed by atoms with Gasteiger partial charge >= 0.3 is 0 Å². The Morgan fingerprint density at radius 3 is 2.30 bits per heavy atom. The highest BCUT2D eigenvalue weighted by atomic mass is 127. The molecule has 0 aromatic heterocycles. The van der Waals surface area contributed by atoms with Crippen LogP contribution in [-0.2, 0) is 12.8 Å². The lowest BCUT2D eigenvalue weighted by atomic mass is 9.93. The minimum atomic E-state index is 0.261. The van der Waals surface area contributed by atoms with E-state index in [9.17, 15) is 10.2 Å². The van der Waals surface area contributed by atoms with E-state index in [2.05, 4.69) is 29.5 Å². The van der Waals surface area contributed by atoms with E-state index in [1.54, 1.807) is 6.07 Å². The first-order valence-electron chi connectivity index (χ1n) is 9.19. The number of hydrogen-bond donors (Lipinski definition) is 2. The molecule has 0 unspecified atom stereocenters. The maximum Gasteiger partial charge on any atom is 0.125 e. The standard InChI is InChI=1S/C20H29IO2/c1-2-19(11-12-19)9-3-5-15-7-8-17(22)16(18(15)23)6-4-10-20(21)13-14-20/h7-8,22-23H,2-6,9-14H2,1H3. The van der Waals surface area contributed by atoms with Gasteiger partial charge in [0.25, 0.3) is 0 Å². The third kappa shape index (κ3) is 4.34. The van der Waals surface area contributed by atoms with E-state index in [0.29, 0.717) is 14.6 Å². The van der Waals surface area contributed by atoms with Gasteiger partial charge in [0.2, 0.25) is 0 Å². The fraction of sp³-hybridized carbons (Fsp3) is 0.700. The number of benzene rings is 1. The summed E-state index contributed by atoms with van der Waals surface area (Å²) in [4.78, 5) is 0. The van der Waals surface area contributed by atoms with Gasteiger partial charge in [-0.2, -0.15) is 0 Å². The van der Waals surface area contributed by atoms with Crippen molar-refractivity contribution in [2.75, 3.05) is 0 Å². The second kappa shape index (κ2) is 6.81. The van der Waals surface area contributed by atoms with Crippen molar-refractivity contribution in [3.63, 3.8) is 0 Å². The number of rotatable bonds is 9. The lowest BCUT2D eigenvalue weighted by Gasteiger charge is -2.15. The summed E-state index contributed by atoms with van der Waals surface area (Å²) in [7, 11) is 0. The van der Waals surface area contributed by atoms with Crippen LogP contribution in [0.5, 0.6) is 11.5 Å². The van der Waals surface area contributed by atoms with Gasteiger partial charge in [-0.15, -0.1) is 0 Å². The Morgan fingerprint density at radius 2 is 1.70 bits per heavy atom. The van der Waals surface area contributed by atoms with Gasteiger partial charge < -0.3 is 10.2 Å². The van der Waals surface area contributed by atoms with Crippen LogP contribution in [-0.4, -0.2) is 13.6 Å². The van der Waals surface area contributed by atoms with Crippen molar-refractivity contribution >= 4 is 22.6 Å². The number of hydrogen-bond acceptors (Lipinski definition) is 2. The predicted molar refractivity (Wildman–Crippen MR) is 104 cm³/mol. The zero-order valence-electron chi connectivity index (χ0n) is 14.2. The Bertz CT molecular complexity index is 559. The zero-order chi connectivity index (χ0) is 16.5. The molecular formula is C20H29IO2. The van der Waals surface area contributed by atoms with E-state index in [0.717, 1.165) is 36.8 Å². The minimum absolute atomic E-state index is 0.261. The molecule has 0 amide bonds. The van der Waals surface area contributed by atoms with Crippen LogP contribution >= 0.6 is 22.6 Å². The van der Waals surface area contributed by atoms with Crippen molar-refractivity contribution in [2.24, 2.45) is 5.41 Å². The number of alkyl halides is 1. The van der Waals surface area contributed by atoms with Crippen LogP contribution in [0.3, 0.4) is 0 Å². The van der Waals surface area contributed by atoms with Gasteiger partial charge in [-0.1, -0.05) is 42.0 Å². The molecule has 1 aromatic rings. The number of phenols is 2. The number of halogens is 1. The predicted octanol–water partition coefficient (Wildman–Crippen LogP) is 5.90. The summed E-state index contributed by atoms with van der Waals surface area (Å²) in [5.41, 5.74) is 2.40. The Labute approximate surface area is 153 Å². The highest BCUT2D eigenvalue weighted by Crippen LogP contribution is 2.52. The number of aryl methyl sites for hydroxylation is 1. The lowest BCUT2D eigenvalue weighted by Crippen LogP contribution is -2.01. The Balaban J connectivity index is 1.56. The molecule has 0 bridgehead atoms. The summed E-state index contributed by atoms with van der Waals surface area (Å²) in [6.07, 6.45) is 13.1. The van der Waals surface area contributed by atoms with E-state index in [4.69, 9.17) is 0 Å². The van der Waals surface area contributed by atoms with Crippen LogP contribution in [0.2, 0.25) is 0 Å². The fourth-order valence-electron chi connectivity index (χ4n) is 3.70. The Kier molecular flexibility index (Phi) is 5.15. The van der Waals surface area contributed by atoms with Crippen molar-refractivity contribution in [2.45, 2.75) is 81.0 Å². The molecule has 2 aliphatic carbocycles. The van der Waals surface area contributed by atoms with Crippen molar-refractivity contribution in [1.82, 2.24) is 0 Å². The van der Waals surface area contributed by atoms with Crippen molar-refractivity contribution < 1.29 is 10.2 Å². The SMILES string of the molecule is CCC1(CCCc2ccc(O)c(CCCC3(I)CC3)c2O)CC1. The Morgan fingerprint density at radius 1 is 1.00 bits per heavy atom. The normalized spacial score (nSPS) is 20.4. The van der Waals surface area contributed by atoms with E-state index in [1.165, 1.54) is 44.9 Å². The molecule has 0 saturated heterocycles. The average Bonchev–Trinajstić information content (AvgIpc) is 3.44. The molecule has 0 spiro atoms. The first kappa shape index (κ1) is 17.4. The zero-order valence-corrected chi connectivity index (χ0v) is 16.4. The molecule has 0 atom stereocenters. The summed E-state index contributed by atoms with van der Waals surface area (Å²) < 4.78 is 0.513. The highest BCUT2D eigenvalue weighted by Gasteiger charge is 2.40. The molecule has 2 fully saturated rings. The third-order valence-corrected chi connectivity index (χ3v) is 7.66. The molecule has 0 radical (unpaired) electrons. The first-order chi connectivity index (χ1) is 11.0. The molecule has 1 aromatic carbocycles. The molecule has 2 saturated carbocycles. The monoisotopic (exact) mass is 428 g/mol. The van der Waals surface area contributed by atoms with Gasteiger partial charge in [0.05, 0.1) is 0 Å². The van der Waals surface area contributed by atoms with Crippen LogP contribution in [0.4, 0.5) is 0 Å². The second-order valence-electron chi connectivity index (χ2n) is 7.78. The van der Waals surface area contributed by atoms with Gasteiger partial charge in [0.1, 0.15) is 11.5 Å². The van der Waals surface area contributed by atoms with Crippen molar-refractivity contribution in [3.05, 3.63) is 23.3 Å². The summed E-state index contributed by atoms with van der Waals surface area (Å²) in [6, 6.07) is 3.68. The Hall–Kier alpha value is -0.450. The van der Waals surface area contributed by atoms with E-state index >= 15 is 0 Å². The molecule has 3 heteroatoms. The molecule has 2 N–H and O–H groups in total. The van der Waals surface area contributed by atoms with Crippen LogP contribution in [0.1, 0.15) is 75.8 Å². The molecular weight excluding hydrogens is 399 g/mol. The van der Waals surface area contributed by atoms with Gasteiger partial charge in [-0.25, -0.2) is 0 Å². The van der Waals surface area contributed by atoms with Gasteiger partial charge in [0.15, 0.2) is 0 Å². The van der Waals surface area contributed by atoms with Crippen LogP contribution in [0.25, 0.3) is 0 Å². The molecule has 2 nitrogen and oxygen atoms in total. The van der Waals surface area contributed by atoms with Crippen LogP contribution in [0, 0.1) is 5.41 Å². The second-order valence-corrected chi connectivity index (χ2v) is 10.1. The summed E-state index contributed by atoms with van der Waals surface area (Å²) >= 11 is 2.56. The highest BCUT2D eigenvalue weighted by molar-refractivity contribution is 14.1. The smallest absolute Gasteiger partial charge is 0.125 e. The molecule has 23 heavy (non-hydrogen) atoms. The maximum atomic E-state index is 10.6. The van der Waals surface area contributed by atoms with Crippen LogP contribution < -0.4 is 0 Å². The number of aromatic hydroxyl groups is 2. The average molecular weight is 428 g/mol. The van der Waals surface area contributed by atoms with E-state index in [1.807, 2.05) is 6.07 Å². The topological polar surface area (TPSA) is 40.5 Å². The number of phenolic OH excluding ortho intramolecular Hbond substituents is 2. The molecule has 0 heterocycles. The quantitative estimate of drug-likeness (QED) is 0.380. The maximum absolute atomic E-state index is 10.6. The van der Waals surface area contributed by atoms with Gasteiger partial charge in [0, 0.05) is 8.99 Å². The summed E-state index contributed by atoms with van der Waals surface area (Å²) in [5.74, 6) is 0.612. The first-order valence-corrected chi connectivity index (χ1v) is 10.3. The summed E-state index contributed by atoms with van der Waals surface area (Å²) in [5, 5.41) is 20.7. The van der Waals surface area contributed by atoms with E-state index in [-0.39, 0.29) is 5.75 Å². The third-order valence-electron chi connectivity index (χ3n) is 6.05. The van der Waals surface area contributed by atoms with Gasteiger partial charge in [-0.05, 0) is 81.3 Å². The van der Waals surface area contributed by atoms with Crippen LogP contribution in [0.15, 0.2) is 12.1 Å². The molecule has 0 aliphatic heterocycles. The minimum Gasteiger partial charge on any atom is -0.508 e. The van der Waals surface area contributed by atoms with E-state index < -0.39 is 0 Å². The largest absolute Gasteiger partial charge is 0.508 e. The van der Waals surface area contributed by atoms with Gasteiger partial charge in [-0.3, -0.25) is 0 Å². The lowest BCUT2D eigenvalue weighted by molar-refractivity contribution is 0.418. The molecule has 3 rings (SSSR count).